The van der Waals surface area contributed by atoms with Crippen LogP contribution in [0.4, 0.5) is 10.1 Å². The van der Waals surface area contributed by atoms with E-state index in [1.165, 1.54) is 50.4 Å². The summed E-state index contributed by atoms with van der Waals surface area (Å²) in [5.74, 6) is -1.70. The molecule has 0 saturated heterocycles. The molecule has 1 N–H and O–H groups in total. The molecule has 1 atom stereocenters. The minimum Gasteiger partial charge on any atom is -0.357 e. The van der Waals surface area contributed by atoms with Gasteiger partial charge in [-0.2, -0.15) is 0 Å². The zero-order valence-corrected chi connectivity index (χ0v) is 22.6. The number of halogens is 2. The minimum atomic E-state index is -4.22. The third-order valence-corrected chi connectivity index (χ3v) is 8.05. The van der Waals surface area contributed by atoms with Crippen LogP contribution < -0.4 is 9.62 Å². The normalized spacial score (nSPS) is 12.1. The number of carbonyl (C=O) groups is 2. The van der Waals surface area contributed by atoms with Gasteiger partial charge >= 0.3 is 0 Å². The molecule has 0 bridgehead atoms. The summed E-state index contributed by atoms with van der Waals surface area (Å²) in [7, 11) is -2.79. The van der Waals surface area contributed by atoms with Gasteiger partial charge in [0.1, 0.15) is 18.4 Å². The van der Waals surface area contributed by atoms with Gasteiger partial charge in [0.25, 0.3) is 10.0 Å². The zero-order valence-electron chi connectivity index (χ0n) is 21.0. The van der Waals surface area contributed by atoms with Crippen molar-refractivity contribution in [2.45, 2.75) is 38.3 Å². The van der Waals surface area contributed by atoms with E-state index in [-0.39, 0.29) is 22.7 Å². The van der Waals surface area contributed by atoms with Crippen molar-refractivity contribution < 1.29 is 22.4 Å². The van der Waals surface area contributed by atoms with Gasteiger partial charge in [-0.05, 0) is 56.7 Å². The first-order chi connectivity index (χ1) is 17.4. The van der Waals surface area contributed by atoms with Crippen LogP contribution in [-0.2, 0) is 26.2 Å². The van der Waals surface area contributed by atoms with Gasteiger partial charge in [-0.15, -0.1) is 0 Å². The van der Waals surface area contributed by atoms with Crippen LogP contribution in [0.5, 0.6) is 0 Å². The number of sulfonamides is 1. The Morgan fingerprint density at radius 1 is 1.03 bits per heavy atom. The highest BCUT2D eigenvalue weighted by Gasteiger charge is 2.33. The predicted octanol–water partition coefficient (Wildman–Crippen LogP) is 4.45. The van der Waals surface area contributed by atoms with E-state index in [0.29, 0.717) is 10.6 Å². The number of nitrogens with zero attached hydrogens (tertiary/aromatic N) is 2. The molecular weight excluding hydrogens is 517 g/mol. The van der Waals surface area contributed by atoms with Gasteiger partial charge in [0, 0.05) is 24.2 Å². The van der Waals surface area contributed by atoms with Crippen LogP contribution in [0, 0.1) is 19.7 Å². The van der Waals surface area contributed by atoms with Crippen LogP contribution in [0.3, 0.4) is 0 Å². The highest BCUT2D eigenvalue weighted by atomic mass is 35.5. The number of aryl methyl sites for hydroxylation is 2. The van der Waals surface area contributed by atoms with Crippen LogP contribution in [0.2, 0.25) is 5.02 Å². The second-order valence-corrected chi connectivity index (χ2v) is 11.0. The van der Waals surface area contributed by atoms with E-state index in [0.717, 1.165) is 14.8 Å². The fourth-order valence-corrected chi connectivity index (χ4v) is 5.44. The second-order valence-electron chi connectivity index (χ2n) is 8.66. The second kappa shape index (κ2) is 11.7. The fraction of sp³-hybridized carbons (Fsp3) is 0.259. The number of nitrogens with one attached hydrogen (secondary N) is 1. The Balaban J connectivity index is 2.09. The molecule has 0 heterocycles. The van der Waals surface area contributed by atoms with E-state index in [9.17, 15) is 22.4 Å². The molecule has 3 rings (SSSR count). The first kappa shape index (κ1) is 28.1. The van der Waals surface area contributed by atoms with Gasteiger partial charge in [0.2, 0.25) is 11.8 Å². The first-order valence-corrected chi connectivity index (χ1v) is 13.4. The van der Waals surface area contributed by atoms with Crippen molar-refractivity contribution >= 4 is 39.1 Å². The van der Waals surface area contributed by atoms with Gasteiger partial charge in [-0.1, -0.05) is 53.6 Å². The van der Waals surface area contributed by atoms with Gasteiger partial charge in [-0.25, -0.2) is 12.8 Å². The van der Waals surface area contributed by atoms with Gasteiger partial charge in [0.05, 0.1) is 10.6 Å². The Morgan fingerprint density at radius 2 is 1.68 bits per heavy atom. The lowest BCUT2D eigenvalue weighted by Crippen LogP contribution is -2.51. The molecule has 0 aliphatic heterocycles. The van der Waals surface area contributed by atoms with Crippen molar-refractivity contribution in [2.24, 2.45) is 0 Å². The van der Waals surface area contributed by atoms with Crippen molar-refractivity contribution in [2.75, 3.05) is 17.9 Å². The van der Waals surface area contributed by atoms with Crippen LogP contribution >= 0.6 is 11.6 Å². The molecule has 0 aliphatic carbocycles. The molecule has 3 aromatic rings. The molecule has 0 radical (unpaired) electrons. The lowest BCUT2D eigenvalue weighted by atomic mass is 10.1. The third-order valence-electron chi connectivity index (χ3n) is 6.04. The number of carbonyl (C=O) groups excluding carboxylic acids is 2. The summed E-state index contributed by atoms with van der Waals surface area (Å²) in [6.07, 6.45) is 0. The molecule has 10 heteroatoms. The summed E-state index contributed by atoms with van der Waals surface area (Å²) < 4.78 is 43.1. The summed E-state index contributed by atoms with van der Waals surface area (Å²) in [6.45, 7) is 4.18. The molecule has 37 heavy (non-hydrogen) atoms. The highest BCUT2D eigenvalue weighted by Crippen LogP contribution is 2.30. The van der Waals surface area contributed by atoms with Crippen LogP contribution in [0.25, 0.3) is 0 Å². The van der Waals surface area contributed by atoms with Gasteiger partial charge in [-0.3, -0.25) is 13.9 Å². The van der Waals surface area contributed by atoms with Crippen molar-refractivity contribution in [3.05, 3.63) is 94.3 Å². The maximum absolute atomic E-state index is 14.5. The van der Waals surface area contributed by atoms with Crippen LogP contribution in [-0.4, -0.2) is 44.8 Å². The zero-order chi connectivity index (χ0) is 27.3. The summed E-state index contributed by atoms with van der Waals surface area (Å²) in [5, 5.41) is 2.78. The molecule has 0 aliphatic rings. The van der Waals surface area contributed by atoms with Crippen molar-refractivity contribution in [3.8, 4) is 0 Å². The average molecular weight is 546 g/mol. The van der Waals surface area contributed by atoms with Crippen LogP contribution in [0.1, 0.15) is 23.6 Å². The lowest BCUT2D eigenvalue weighted by molar-refractivity contribution is -0.139. The molecule has 7 nitrogen and oxygen atoms in total. The molecule has 196 valence electrons. The average Bonchev–Trinajstić information content (AvgIpc) is 2.87. The lowest BCUT2D eigenvalue weighted by Gasteiger charge is -2.32. The van der Waals surface area contributed by atoms with Gasteiger partial charge < -0.3 is 10.2 Å². The SMILES string of the molecule is CNC(=O)C(C)N(Cc1ccccc1F)C(=O)CN(c1cc(Cl)ccc1C)S(=O)(=O)c1ccc(C)cc1. The Bertz CT molecular complexity index is 1400. The molecule has 1 unspecified atom stereocenters. The number of hydrogen-bond donors (Lipinski definition) is 1. The largest absolute Gasteiger partial charge is 0.357 e. The summed E-state index contributed by atoms with van der Waals surface area (Å²) in [6, 6.07) is 15.9. The Morgan fingerprint density at radius 3 is 2.30 bits per heavy atom. The number of anilines is 1. The summed E-state index contributed by atoms with van der Waals surface area (Å²) in [5.41, 5.74) is 1.86. The fourth-order valence-electron chi connectivity index (χ4n) is 3.80. The monoisotopic (exact) mass is 545 g/mol. The molecule has 0 spiro atoms. The predicted molar refractivity (Wildman–Crippen MR) is 142 cm³/mol. The van der Waals surface area contributed by atoms with Crippen molar-refractivity contribution in [3.63, 3.8) is 0 Å². The number of amides is 2. The molecule has 3 aromatic carbocycles. The molecule has 0 saturated carbocycles. The standard InChI is InChI=1S/C27H29ClFN3O4S/c1-18-9-13-23(14-10-18)37(35,36)32(25-15-22(28)12-11-19(25)2)17-26(33)31(20(3)27(34)30-4)16-21-7-5-6-8-24(21)29/h5-15,20H,16-17H2,1-4H3,(H,30,34). The molecular formula is C27H29ClFN3O4S. The van der Waals surface area contributed by atoms with E-state index in [1.807, 2.05) is 6.92 Å². The summed E-state index contributed by atoms with van der Waals surface area (Å²) in [4.78, 5) is 27.4. The Hall–Kier alpha value is -3.43. The topological polar surface area (TPSA) is 86.8 Å². The summed E-state index contributed by atoms with van der Waals surface area (Å²) >= 11 is 6.20. The number of rotatable bonds is 9. The van der Waals surface area contributed by atoms with E-state index in [2.05, 4.69) is 5.32 Å². The Kier molecular flexibility index (Phi) is 8.94. The van der Waals surface area contributed by atoms with E-state index in [4.69, 9.17) is 11.6 Å². The number of benzene rings is 3. The van der Waals surface area contributed by atoms with Gasteiger partial charge in [0.15, 0.2) is 0 Å². The molecule has 0 fully saturated rings. The number of hydrogen-bond acceptors (Lipinski definition) is 4. The molecule has 0 aromatic heterocycles. The first-order valence-electron chi connectivity index (χ1n) is 11.6. The quantitative estimate of drug-likeness (QED) is 0.430. The third kappa shape index (κ3) is 6.47. The number of likely N-dealkylation sites (N-methyl/N-ethyl adjacent to an activating group) is 1. The maximum Gasteiger partial charge on any atom is 0.264 e. The van der Waals surface area contributed by atoms with E-state index >= 15 is 0 Å². The van der Waals surface area contributed by atoms with E-state index < -0.39 is 40.2 Å². The van der Waals surface area contributed by atoms with Crippen molar-refractivity contribution in [1.82, 2.24) is 10.2 Å². The maximum atomic E-state index is 14.5. The minimum absolute atomic E-state index is 0.00900. The van der Waals surface area contributed by atoms with Crippen molar-refractivity contribution in [1.29, 1.82) is 0 Å². The van der Waals surface area contributed by atoms with Crippen LogP contribution in [0.15, 0.2) is 71.6 Å². The smallest absolute Gasteiger partial charge is 0.264 e. The van der Waals surface area contributed by atoms with E-state index in [1.54, 1.807) is 37.3 Å². The Labute approximate surface area is 221 Å². The highest BCUT2D eigenvalue weighted by molar-refractivity contribution is 7.92. The molecule has 2 amide bonds.